The van der Waals surface area contributed by atoms with Crippen LogP contribution in [0.5, 0.6) is 5.75 Å². The molecule has 1 aliphatic rings. The molecule has 0 saturated carbocycles. The number of pyridine rings is 1. The summed E-state index contributed by atoms with van der Waals surface area (Å²) in [5.41, 5.74) is 4.79. The molecular weight excluding hydrogens is 416 g/mol. The second kappa shape index (κ2) is 8.90. The van der Waals surface area contributed by atoms with Crippen molar-refractivity contribution in [3.8, 4) is 5.75 Å². The number of hydrogen-bond acceptors (Lipinski definition) is 5. The van der Waals surface area contributed by atoms with Crippen molar-refractivity contribution in [3.05, 3.63) is 99.9 Å². The number of aliphatic hydroxyl groups excluding tert-OH is 1. The topological polar surface area (TPSA) is 79.7 Å². The first-order chi connectivity index (χ1) is 15.8. The third-order valence-electron chi connectivity index (χ3n) is 5.88. The fourth-order valence-electron chi connectivity index (χ4n) is 4.46. The van der Waals surface area contributed by atoms with Gasteiger partial charge in [0.05, 0.1) is 24.3 Å². The van der Waals surface area contributed by atoms with E-state index < -0.39 is 17.7 Å². The lowest BCUT2D eigenvalue weighted by molar-refractivity contribution is -0.140. The van der Waals surface area contributed by atoms with Gasteiger partial charge in [0, 0.05) is 18.9 Å². The summed E-state index contributed by atoms with van der Waals surface area (Å²) >= 11 is 0. The molecular formula is C27H26N2O4. The number of benzene rings is 2. The Bertz CT molecular complexity index is 1260. The number of ether oxygens (including phenoxy) is 1. The highest BCUT2D eigenvalue weighted by Gasteiger charge is 2.46. The third kappa shape index (κ3) is 4.12. The van der Waals surface area contributed by atoms with Crippen molar-refractivity contribution in [2.75, 3.05) is 7.11 Å². The van der Waals surface area contributed by atoms with Crippen LogP contribution >= 0.6 is 0 Å². The van der Waals surface area contributed by atoms with Crippen LogP contribution in [0.4, 0.5) is 0 Å². The fourth-order valence-corrected chi connectivity index (χ4v) is 4.46. The van der Waals surface area contributed by atoms with Gasteiger partial charge in [0.25, 0.3) is 11.7 Å². The molecule has 0 radical (unpaired) electrons. The van der Waals surface area contributed by atoms with Gasteiger partial charge < -0.3 is 14.7 Å². The minimum Gasteiger partial charge on any atom is -0.507 e. The molecule has 6 heteroatoms. The molecule has 3 aromatic rings. The lowest BCUT2D eigenvalue weighted by Gasteiger charge is -2.26. The summed E-state index contributed by atoms with van der Waals surface area (Å²) in [7, 11) is 1.52. The Morgan fingerprint density at radius 2 is 1.76 bits per heavy atom. The van der Waals surface area contributed by atoms with Crippen LogP contribution in [-0.2, 0) is 16.1 Å². The Kier molecular flexibility index (Phi) is 6.01. The molecule has 168 valence electrons. The standard InChI is InChI=1S/C27H26N2O4/c1-16-6-5-7-20(13-16)23-22(24(30)21-14-17(2)12-18(3)26(21)33-4)25(31)27(32)29(23)15-19-8-10-28-11-9-19/h5-14,23,30H,15H2,1-4H3/b24-22+. The predicted molar refractivity (Wildman–Crippen MR) is 126 cm³/mol. The zero-order valence-electron chi connectivity index (χ0n) is 19.1. The smallest absolute Gasteiger partial charge is 0.295 e. The quantitative estimate of drug-likeness (QED) is 0.354. The molecule has 1 aromatic heterocycles. The van der Waals surface area contributed by atoms with Crippen molar-refractivity contribution >= 4 is 17.4 Å². The molecule has 0 spiro atoms. The Morgan fingerprint density at radius 3 is 2.42 bits per heavy atom. The van der Waals surface area contributed by atoms with E-state index in [2.05, 4.69) is 4.98 Å². The maximum atomic E-state index is 13.3. The number of Topliss-reactive ketones (excluding diaryl/α,β-unsaturated/α-hetero) is 1. The fraction of sp³-hybridized carbons (Fsp3) is 0.222. The van der Waals surface area contributed by atoms with E-state index in [4.69, 9.17) is 4.74 Å². The Hall–Kier alpha value is -3.93. The molecule has 2 aromatic carbocycles. The van der Waals surface area contributed by atoms with Crippen molar-refractivity contribution in [3.63, 3.8) is 0 Å². The first-order valence-corrected chi connectivity index (χ1v) is 10.7. The van der Waals surface area contributed by atoms with E-state index >= 15 is 0 Å². The van der Waals surface area contributed by atoms with E-state index in [1.807, 2.05) is 51.1 Å². The van der Waals surface area contributed by atoms with Gasteiger partial charge in [0.1, 0.15) is 11.5 Å². The summed E-state index contributed by atoms with van der Waals surface area (Å²) in [5.74, 6) is -1.13. The third-order valence-corrected chi connectivity index (χ3v) is 5.88. The number of aryl methyl sites for hydroxylation is 3. The second-order valence-electron chi connectivity index (χ2n) is 8.36. The molecule has 1 atom stereocenters. The van der Waals surface area contributed by atoms with Crippen LogP contribution in [0.25, 0.3) is 5.76 Å². The van der Waals surface area contributed by atoms with Gasteiger partial charge in [-0.25, -0.2) is 0 Å². The van der Waals surface area contributed by atoms with Gasteiger partial charge >= 0.3 is 0 Å². The average molecular weight is 443 g/mol. The molecule has 6 nitrogen and oxygen atoms in total. The van der Waals surface area contributed by atoms with Crippen LogP contribution in [0.3, 0.4) is 0 Å². The summed E-state index contributed by atoms with van der Waals surface area (Å²) < 4.78 is 5.55. The van der Waals surface area contributed by atoms with E-state index in [1.165, 1.54) is 12.0 Å². The van der Waals surface area contributed by atoms with Crippen LogP contribution in [0.2, 0.25) is 0 Å². The van der Waals surface area contributed by atoms with Crippen LogP contribution in [0.15, 0.2) is 66.5 Å². The number of amides is 1. The molecule has 4 rings (SSSR count). The second-order valence-corrected chi connectivity index (χ2v) is 8.36. The highest BCUT2D eigenvalue weighted by atomic mass is 16.5. The van der Waals surface area contributed by atoms with Crippen molar-refractivity contribution in [1.29, 1.82) is 0 Å². The number of ketones is 1. The van der Waals surface area contributed by atoms with Crippen molar-refractivity contribution < 1.29 is 19.4 Å². The van der Waals surface area contributed by atoms with E-state index in [0.717, 1.165) is 27.8 Å². The minimum atomic E-state index is -0.733. The number of aromatic nitrogens is 1. The molecule has 1 saturated heterocycles. The van der Waals surface area contributed by atoms with Gasteiger partial charge in [0.15, 0.2) is 0 Å². The SMILES string of the molecule is COc1c(C)cc(C)cc1/C(O)=C1\C(=O)C(=O)N(Cc2ccncc2)C1c1cccc(C)c1. The molecule has 1 unspecified atom stereocenters. The lowest BCUT2D eigenvalue weighted by Crippen LogP contribution is -2.29. The largest absolute Gasteiger partial charge is 0.507 e. The summed E-state index contributed by atoms with van der Waals surface area (Å²) in [6.07, 6.45) is 3.29. The first kappa shape index (κ1) is 22.3. The molecule has 1 N–H and O–H groups in total. The zero-order valence-corrected chi connectivity index (χ0v) is 19.1. The van der Waals surface area contributed by atoms with Crippen LogP contribution < -0.4 is 4.74 Å². The van der Waals surface area contributed by atoms with Gasteiger partial charge in [-0.15, -0.1) is 0 Å². The summed E-state index contributed by atoms with van der Waals surface area (Å²) in [5, 5.41) is 11.4. The normalized spacial score (nSPS) is 17.5. The monoisotopic (exact) mass is 442 g/mol. The molecule has 0 aliphatic carbocycles. The van der Waals surface area contributed by atoms with Crippen LogP contribution in [-0.4, -0.2) is 33.8 Å². The maximum Gasteiger partial charge on any atom is 0.295 e. The zero-order chi connectivity index (χ0) is 23.7. The van der Waals surface area contributed by atoms with E-state index in [-0.39, 0.29) is 17.9 Å². The molecule has 2 heterocycles. The minimum absolute atomic E-state index is 0.0583. The van der Waals surface area contributed by atoms with Gasteiger partial charge in [-0.2, -0.15) is 0 Å². The summed E-state index contributed by atoms with van der Waals surface area (Å²) in [4.78, 5) is 32.0. The lowest BCUT2D eigenvalue weighted by atomic mass is 9.93. The average Bonchev–Trinajstić information content (AvgIpc) is 3.04. The van der Waals surface area contributed by atoms with E-state index in [0.29, 0.717) is 11.3 Å². The van der Waals surface area contributed by atoms with Crippen LogP contribution in [0, 0.1) is 20.8 Å². The first-order valence-electron chi connectivity index (χ1n) is 10.7. The summed E-state index contributed by atoms with van der Waals surface area (Å²) in [6, 6.07) is 14.2. The Labute approximate surface area is 193 Å². The number of carbonyl (C=O) groups excluding carboxylic acids is 2. The number of carbonyl (C=O) groups is 2. The number of hydrogen-bond donors (Lipinski definition) is 1. The van der Waals surface area contributed by atoms with Gasteiger partial charge in [0.2, 0.25) is 0 Å². The number of methoxy groups -OCH3 is 1. The Morgan fingerprint density at radius 1 is 1.03 bits per heavy atom. The van der Waals surface area contributed by atoms with Gasteiger partial charge in [-0.05, 0) is 61.2 Å². The van der Waals surface area contributed by atoms with E-state index in [1.54, 1.807) is 30.6 Å². The number of rotatable bonds is 5. The highest BCUT2D eigenvalue weighted by Crippen LogP contribution is 2.42. The molecule has 1 aliphatic heterocycles. The van der Waals surface area contributed by atoms with Gasteiger partial charge in [-0.3, -0.25) is 14.6 Å². The van der Waals surface area contributed by atoms with E-state index in [9.17, 15) is 14.7 Å². The molecule has 33 heavy (non-hydrogen) atoms. The highest BCUT2D eigenvalue weighted by molar-refractivity contribution is 6.46. The maximum absolute atomic E-state index is 13.3. The predicted octanol–water partition coefficient (Wildman–Crippen LogP) is 4.64. The van der Waals surface area contributed by atoms with Crippen molar-refractivity contribution in [2.45, 2.75) is 33.4 Å². The van der Waals surface area contributed by atoms with Crippen molar-refractivity contribution in [1.82, 2.24) is 9.88 Å². The number of likely N-dealkylation sites (tertiary alicyclic amines) is 1. The van der Waals surface area contributed by atoms with Gasteiger partial charge in [-0.1, -0.05) is 35.9 Å². The number of nitrogens with zero attached hydrogens (tertiary/aromatic N) is 2. The molecule has 1 fully saturated rings. The number of aliphatic hydroxyl groups is 1. The summed E-state index contributed by atoms with van der Waals surface area (Å²) in [6.45, 7) is 5.95. The Balaban J connectivity index is 1.94. The molecule has 1 amide bonds. The van der Waals surface area contributed by atoms with Crippen LogP contribution in [0.1, 0.15) is 39.4 Å². The molecule has 0 bridgehead atoms. The van der Waals surface area contributed by atoms with Crippen molar-refractivity contribution in [2.24, 2.45) is 0 Å².